The molecule has 7 heteroatoms. The third-order valence-corrected chi connectivity index (χ3v) is 7.28. The summed E-state index contributed by atoms with van der Waals surface area (Å²) in [4.78, 5) is 19.7. The predicted molar refractivity (Wildman–Crippen MR) is 135 cm³/mol. The number of hydrogen-bond donors (Lipinski definition) is 2. The maximum Gasteiger partial charge on any atom is 0.251 e. The van der Waals surface area contributed by atoms with Gasteiger partial charge in [0.05, 0.1) is 6.54 Å². The molecule has 1 amide bonds. The van der Waals surface area contributed by atoms with Crippen molar-refractivity contribution in [2.75, 3.05) is 11.9 Å². The molecule has 1 unspecified atom stereocenters. The molecule has 5 rings (SSSR count). The van der Waals surface area contributed by atoms with Crippen molar-refractivity contribution in [2.24, 2.45) is 5.92 Å². The van der Waals surface area contributed by atoms with Crippen LogP contribution in [0.2, 0.25) is 0 Å². The Morgan fingerprint density at radius 3 is 2.51 bits per heavy atom. The van der Waals surface area contributed by atoms with Crippen LogP contribution in [0.5, 0.6) is 0 Å². The lowest BCUT2D eigenvalue weighted by atomic mass is 9.85. The first-order valence-electron chi connectivity index (χ1n) is 12.6. The number of rotatable bonds is 6. The molecule has 0 radical (unpaired) electrons. The molecule has 1 atom stereocenters. The highest BCUT2D eigenvalue weighted by Crippen LogP contribution is 2.34. The summed E-state index contributed by atoms with van der Waals surface area (Å²) in [6.07, 6.45) is 5.43. The van der Waals surface area contributed by atoms with Crippen LogP contribution in [0.1, 0.15) is 49.9 Å². The average Bonchev–Trinajstić information content (AvgIpc) is 3.23. The largest absolute Gasteiger partial charge is 0.383 e. The summed E-state index contributed by atoms with van der Waals surface area (Å²) in [5.74, 6) is 1.51. The number of carbonyl (C=O) groups is 1. The lowest BCUT2D eigenvalue weighted by Gasteiger charge is -2.31. The van der Waals surface area contributed by atoms with Gasteiger partial charge in [0.1, 0.15) is 29.3 Å². The van der Waals surface area contributed by atoms with Gasteiger partial charge in [-0.15, -0.1) is 0 Å². The number of hydrogen-bond acceptors (Lipinski definition) is 4. The van der Waals surface area contributed by atoms with Crippen LogP contribution in [0.3, 0.4) is 0 Å². The maximum atomic E-state index is 13.6. The van der Waals surface area contributed by atoms with Crippen molar-refractivity contribution in [3.8, 4) is 11.3 Å². The van der Waals surface area contributed by atoms with Crippen molar-refractivity contribution in [1.82, 2.24) is 14.5 Å². The summed E-state index contributed by atoms with van der Waals surface area (Å²) in [6.45, 7) is 3.46. The summed E-state index contributed by atoms with van der Waals surface area (Å²) in [7, 11) is 0. The first-order chi connectivity index (χ1) is 17.0. The fourth-order valence-electron chi connectivity index (χ4n) is 5.28. The number of imidazole rings is 1. The minimum absolute atomic E-state index is 0.207. The van der Waals surface area contributed by atoms with E-state index in [2.05, 4.69) is 9.88 Å². The van der Waals surface area contributed by atoms with Crippen molar-refractivity contribution in [2.45, 2.75) is 64.6 Å². The van der Waals surface area contributed by atoms with Gasteiger partial charge in [-0.1, -0.05) is 49.8 Å². The van der Waals surface area contributed by atoms with E-state index in [1.807, 2.05) is 31.2 Å². The number of aliphatic hydroxyl groups is 1. The SMILES string of the molecule is Cc1ccc(Nc2c(-c3ccc(F)cc3)nc3n2CCN(C(=O)C(O)CC2CCCCC2)C3)cc1. The van der Waals surface area contributed by atoms with Crippen molar-refractivity contribution < 1.29 is 14.3 Å². The van der Waals surface area contributed by atoms with Gasteiger partial charge >= 0.3 is 0 Å². The number of halogens is 1. The van der Waals surface area contributed by atoms with Crippen molar-refractivity contribution in [3.63, 3.8) is 0 Å². The number of aromatic nitrogens is 2. The lowest BCUT2D eigenvalue weighted by molar-refractivity contribution is -0.142. The normalized spacial score (nSPS) is 17.2. The van der Waals surface area contributed by atoms with Gasteiger partial charge in [-0.05, 0) is 55.7 Å². The Balaban J connectivity index is 1.39. The Hall–Kier alpha value is -3.19. The van der Waals surface area contributed by atoms with Gasteiger partial charge in [-0.3, -0.25) is 4.79 Å². The molecule has 0 bridgehead atoms. The van der Waals surface area contributed by atoms with E-state index in [0.29, 0.717) is 32.0 Å². The molecule has 35 heavy (non-hydrogen) atoms. The molecule has 1 fully saturated rings. The third-order valence-electron chi connectivity index (χ3n) is 7.28. The fraction of sp³-hybridized carbons (Fsp3) is 0.429. The predicted octanol–water partition coefficient (Wildman–Crippen LogP) is 5.41. The maximum absolute atomic E-state index is 13.6. The molecule has 2 aliphatic rings. The Bertz CT molecular complexity index is 1170. The monoisotopic (exact) mass is 476 g/mol. The van der Waals surface area contributed by atoms with E-state index < -0.39 is 6.10 Å². The number of anilines is 2. The number of amides is 1. The zero-order chi connectivity index (χ0) is 24.4. The van der Waals surface area contributed by atoms with E-state index in [4.69, 9.17) is 4.98 Å². The summed E-state index contributed by atoms with van der Waals surface area (Å²) >= 11 is 0. The number of aryl methyl sites for hydroxylation is 1. The smallest absolute Gasteiger partial charge is 0.251 e. The zero-order valence-corrected chi connectivity index (χ0v) is 20.2. The average molecular weight is 477 g/mol. The number of fused-ring (bicyclic) bond motifs is 1. The molecule has 0 spiro atoms. The Morgan fingerprint density at radius 2 is 1.80 bits per heavy atom. The van der Waals surface area contributed by atoms with Crippen molar-refractivity contribution in [3.05, 3.63) is 65.7 Å². The van der Waals surface area contributed by atoms with Crippen LogP contribution in [0, 0.1) is 18.7 Å². The van der Waals surface area contributed by atoms with Gasteiger partial charge in [0, 0.05) is 24.3 Å². The van der Waals surface area contributed by atoms with Gasteiger partial charge in [-0.25, -0.2) is 9.37 Å². The molecule has 1 aliphatic heterocycles. The number of nitrogens with one attached hydrogen (secondary N) is 1. The van der Waals surface area contributed by atoms with E-state index >= 15 is 0 Å². The molecule has 6 nitrogen and oxygen atoms in total. The summed E-state index contributed by atoms with van der Waals surface area (Å²) < 4.78 is 15.7. The molecular weight excluding hydrogens is 443 g/mol. The molecule has 3 aromatic rings. The molecule has 2 aromatic carbocycles. The van der Waals surface area contributed by atoms with Crippen LogP contribution >= 0.6 is 0 Å². The fourth-order valence-corrected chi connectivity index (χ4v) is 5.28. The zero-order valence-electron chi connectivity index (χ0n) is 20.2. The van der Waals surface area contributed by atoms with E-state index in [1.54, 1.807) is 17.0 Å². The number of carbonyl (C=O) groups excluding carboxylic acids is 1. The van der Waals surface area contributed by atoms with Crippen molar-refractivity contribution in [1.29, 1.82) is 0 Å². The second kappa shape index (κ2) is 10.2. The van der Waals surface area contributed by atoms with Crippen LogP contribution in [0.25, 0.3) is 11.3 Å². The van der Waals surface area contributed by atoms with Crippen LogP contribution in [0.4, 0.5) is 15.9 Å². The summed E-state index contributed by atoms with van der Waals surface area (Å²) in [5.41, 5.74) is 3.63. The van der Waals surface area contributed by atoms with Gasteiger partial charge in [-0.2, -0.15) is 0 Å². The second-order valence-electron chi connectivity index (χ2n) is 9.89. The molecule has 2 N–H and O–H groups in total. The van der Waals surface area contributed by atoms with Gasteiger partial charge in [0.2, 0.25) is 0 Å². The van der Waals surface area contributed by atoms with Crippen molar-refractivity contribution >= 4 is 17.4 Å². The third kappa shape index (κ3) is 5.25. The molecule has 184 valence electrons. The Morgan fingerprint density at radius 1 is 1.09 bits per heavy atom. The van der Waals surface area contributed by atoms with E-state index in [-0.39, 0.29) is 11.7 Å². The van der Waals surface area contributed by atoms with Crippen LogP contribution in [0.15, 0.2) is 48.5 Å². The summed E-state index contributed by atoms with van der Waals surface area (Å²) in [6, 6.07) is 14.4. The molecule has 1 saturated carbocycles. The van der Waals surface area contributed by atoms with Gasteiger partial charge in [0.25, 0.3) is 5.91 Å². The van der Waals surface area contributed by atoms with Crippen LogP contribution < -0.4 is 5.32 Å². The minimum Gasteiger partial charge on any atom is -0.383 e. The highest BCUT2D eigenvalue weighted by molar-refractivity contribution is 5.81. The van der Waals surface area contributed by atoms with E-state index in [0.717, 1.165) is 41.4 Å². The molecule has 1 aliphatic carbocycles. The van der Waals surface area contributed by atoms with E-state index in [1.165, 1.54) is 37.0 Å². The highest BCUT2D eigenvalue weighted by atomic mass is 19.1. The summed E-state index contributed by atoms with van der Waals surface area (Å²) in [5, 5.41) is 14.2. The first-order valence-corrected chi connectivity index (χ1v) is 12.6. The van der Waals surface area contributed by atoms with Crippen LogP contribution in [-0.2, 0) is 17.9 Å². The molecule has 1 aromatic heterocycles. The number of nitrogens with zero attached hydrogens (tertiary/aromatic N) is 3. The molecular formula is C28H33FN4O2. The number of benzene rings is 2. The van der Waals surface area contributed by atoms with Gasteiger partial charge < -0.3 is 19.9 Å². The minimum atomic E-state index is -0.957. The number of aliphatic hydroxyl groups excluding tert-OH is 1. The quantitative estimate of drug-likeness (QED) is 0.499. The second-order valence-corrected chi connectivity index (χ2v) is 9.89. The highest BCUT2D eigenvalue weighted by Gasteiger charge is 2.31. The van der Waals surface area contributed by atoms with Crippen LogP contribution in [-0.4, -0.2) is 38.1 Å². The lowest BCUT2D eigenvalue weighted by Crippen LogP contribution is -2.44. The Kier molecular flexibility index (Phi) is 6.86. The molecule has 0 saturated heterocycles. The topological polar surface area (TPSA) is 70.4 Å². The van der Waals surface area contributed by atoms with E-state index in [9.17, 15) is 14.3 Å². The van der Waals surface area contributed by atoms with Gasteiger partial charge in [0.15, 0.2) is 0 Å². The molecule has 2 heterocycles. The Labute approximate surface area is 205 Å². The standard InChI is InChI=1S/C28H33FN4O2/c1-19-7-13-23(14-8-19)30-27-26(21-9-11-22(29)12-10-21)31-25-18-32(15-16-33(25)27)28(35)24(34)17-20-5-3-2-4-6-20/h7-14,20,24,30,34H,2-6,15-18H2,1H3. The first kappa shape index (κ1) is 23.5.